The summed E-state index contributed by atoms with van der Waals surface area (Å²) in [5, 5.41) is 0. The predicted octanol–water partition coefficient (Wildman–Crippen LogP) is 5.71. The Morgan fingerprint density at radius 2 is 1.83 bits per heavy atom. The van der Waals surface area contributed by atoms with Gasteiger partial charge in [-0.1, -0.05) is 6.92 Å². The van der Waals surface area contributed by atoms with Crippen molar-refractivity contribution < 1.29 is 32.2 Å². The molecule has 0 bridgehead atoms. The van der Waals surface area contributed by atoms with Gasteiger partial charge >= 0.3 is 12.1 Å². The van der Waals surface area contributed by atoms with Gasteiger partial charge in [0.2, 0.25) is 11.8 Å². The van der Waals surface area contributed by atoms with Crippen LogP contribution in [0.15, 0.2) is 30.5 Å². The molecule has 0 aliphatic heterocycles. The van der Waals surface area contributed by atoms with Crippen molar-refractivity contribution in [3.05, 3.63) is 47.2 Å². The Balaban J connectivity index is 2.00. The lowest BCUT2D eigenvalue weighted by atomic mass is 9.82. The van der Waals surface area contributed by atoms with Crippen LogP contribution in [-0.2, 0) is 22.3 Å². The Bertz CT molecular complexity index is 1100. The molecule has 1 saturated carbocycles. The van der Waals surface area contributed by atoms with Crippen LogP contribution < -0.4 is 15.4 Å². The zero-order valence-corrected chi connectivity index (χ0v) is 20.9. The normalized spacial score (nSPS) is 18.1. The SMILES string of the molecule is COC(=O)c1cc(Oc2ncc(CN)cc2C(F)(F)F)ccc1N(C(=O)C1CCC(C)CC1)C(C)C. The number of aromatic nitrogens is 1. The molecule has 2 N–H and O–H groups in total. The molecule has 1 heterocycles. The summed E-state index contributed by atoms with van der Waals surface area (Å²) in [5.74, 6) is -1.15. The summed E-state index contributed by atoms with van der Waals surface area (Å²) >= 11 is 0. The Labute approximate surface area is 208 Å². The molecule has 0 atom stereocenters. The minimum Gasteiger partial charge on any atom is -0.465 e. The first-order chi connectivity index (χ1) is 17.0. The lowest BCUT2D eigenvalue weighted by molar-refractivity contribution is -0.139. The number of anilines is 1. The molecule has 7 nitrogen and oxygen atoms in total. The fourth-order valence-corrected chi connectivity index (χ4v) is 4.42. The van der Waals surface area contributed by atoms with Crippen LogP contribution in [0, 0.1) is 11.8 Å². The second kappa shape index (κ2) is 11.3. The molecular weight excluding hydrogens is 475 g/mol. The van der Waals surface area contributed by atoms with Crippen LogP contribution in [-0.4, -0.2) is 30.0 Å². The van der Waals surface area contributed by atoms with Crippen molar-refractivity contribution in [1.82, 2.24) is 4.98 Å². The summed E-state index contributed by atoms with van der Waals surface area (Å²) in [4.78, 5) is 31.5. The first kappa shape index (κ1) is 27.4. The molecule has 0 saturated heterocycles. The van der Waals surface area contributed by atoms with Gasteiger partial charge in [0.05, 0.1) is 18.4 Å². The molecule has 3 rings (SSSR count). The number of amides is 1. The van der Waals surface area contributed by atoms with E-state index >= 15 is 0 Å². The number of methoxy groups -OCH3 is 1. The highest BCUT2D eigenvalue weighted by atomic mass is 19.4. The number of hydrogen-bond donors (Lipinski definition) is 1. The van der Waals surface area contributed by atoms with Gasteiger partial charge in [0.25, 0.3) is 0 Å². The predicted molar refractivity (Wildman–Crippen MR) is 129 cm³/mol. The Morgan fingerprint density at radius 1 is 1.17 bits per heavy atom. The number of carbonyl (C=O) groups is 2. The van der Waals surface area contributed by atoms with Crippen LogP contribution in [0.3, 0.4) is 0 Å². The van der Waals surface area contributed by atoms with Gasteiger partial charge in [0.1, 0.15) is 11.3 Å². The topological polar surface area (TPSA) is 94.8 Å². The Morgan fingerprint density at radius 3 is 2.39 bits per heavy atom. The zero-order valence-electron chi connectivity index (χ0n) is 20.9. The molecule has 0 radical (unpaired) electrons. The van der Waals surface area contributed by atoms with E-state index in [1.165, 1.54) is 31.5 Å². The van der Waals surface area contributed by atoms with E-state index in [-0.39, 0.29) is 41.3 Å². The van der Waals surface area contributed by atoms with E-state index in [1.54, 1.807) is 4.90 Å². The molecule has 10 heteroatoms. The second-order valence-electron chi connectivity index (χ2n) is 9.43. The van der Waals surface area contributed by atoms with Crippen LogP contribution >= 0.6 is 0 Å². The lowest BCUT2D eigenvalue weighted by Crippen LogP contribution is -2.43. The number of halogens is 3. The molecule has 1 fully saturated rings. The standard InChI is InChI=1S/C26H32F3N3O4/c1-15(2)32(24(33)18-7-5-16(3)6-8-18)22-10-9-19(12-20(22)25(34)35-4)36-23-21(26(27,28)29)11-17(13-30)14-31-23/h9-12,14-16,18H,5-8,13,30H2,1-4H3. The van der Waals surface area contributed by atoms with Gasteiger partial charge in [-0.3, -0.25) is 4.79 Å². The maximum Gasteiger partial charge on any atom is 0.421 e. The molecular formula is C26H32F3N3O4. The highest BCUT2D eigenvalue weighted by molar-refractivity contribution is 6.04. The summed E-state index contributed by atoms with van der Waals surface area (Å²) in [7, 11) is 1.19. The number of nitrogens with two attached hydrogens (primary N) is 1. The minimum atomic E-state index is -4.73. The number of hydrogen-bond acceptors (Lipinski definition) is 6. The number of ether oxygens (including phenoxy) is 2. The van der Waals surface area contributed by atoms with Crippen LogP contribution in [0.5, 0.6) is 11.6 Å². The summed E-state index contributed by atoms with van der Waals surface area (Å²) in [6.07, 6.45) is -0.0837. The monoisotopic (exact) mass is 507 g/mol. The fraction of sp³-hybridized carbons (Fsp3) is 0.500. The smallest absolute Gasteiger partial charge is 0.421 e. The van der Waals surface area contributed by atoms with E-state index in [9.17, 15) is 22.8 Å². The van der Waals surface area contributed by atoms with Crippen molar-refractivity contribution in [1.29, 1.82) is 0 Å². The van der Waals surface area contributed by atoms with Crippen LogP contribution in [0.4, 0.5) is 18.9 Å². The van der Waals surface area contributed by atoms with E-state index in [1.807, 2.05) is 13.8 Å². The van der Waals surface area contributed by atoms with Crippen LogP contribution in [0.25, 0.3) is 0 Å². The average molecular weight is 508 g/mol. The number of esters is 1. The molecule has 1 aromatic heterocycles. The van der Waals surface area contributed by atoms with Crippen LogP contribution in [0.2, 0.25) is 0 Å². The number of nitrogens with zero attached hydrogens (tertiary/aromatic N) is 2. The van der Waals surface area contributed by atoms with Crippen molar-refractivity contribution in [2.45, 2.75) is 65.2 Å². The van der Waals surface area contributed by atoms with Gasteiger partial charge in [-0.05, 0) is 75.3 Å². The second-order valence-corrected chi connectivity index (χ2v) is 9.43. The van der Waals surface area contributed by atoms with E-state index in [0.29, 0.717) is 11.6 Å². The Kier molecular flexibility index (Phi) is 8.60. The van der Waals surface area contributed by atoms with Crippen molar-refractivity contribution in [3.8, 4) is 11.6 Å². The van der Waals surface area contributed by atoms with Gasteiger partial charge in [-0.2, -0.15) is 13.2 Å². The molecule has 36 heavy (non-hydrogen) atoms. The quantitative estimate of drug-likeness (QED) is 0.483. The summed E-state index contributed by atoms with van der Waals surface area (Å²) in [6.45, 7) is 5.73. The van der Waals surface area contributed by atoms with E-state index in [0.717, 1.165) is 31.7 Å². The maximum atomic E-state index is 13.6. The molecule has 1 aliphatic carbocycles. The van der Waals surface area contributed by atoms with Crippen molar-refractivity contribution in [2.24, 2.45) is 17.6 Å². The molecule has 1 aliphatic rings. The summed E-state index contributed by atoms with van der Waals surface area (Å²) < 4.78 is 51.2. The van der Waals surface area contributed by atoms with Crippen molar-refractivity contribution >= 4 is 17.6 Å². The molecule has 196 valence electrons. The third-order valence-electron chi connectivity index (χ3n) is 6.42. The molecule has 1 aromatic carbocycles. The van der Waals surface area contributed by atoms with Crippen molar-refractivity contribution in [3.63, 3.8) is 0 Å². The highest BCUT2D eigenvalue weighted by Gasteiger charge is 2.36. The van der Waals surface area contributed by atoms with Gasteiger partial charge < -0.3 is 20.1 Å². The first-order valence-corrected chi connectivity index (χ1v) is 12.0. The van der Waals surface area contributed by atoms with Crippen LogP contribution in [0.1, 0.15) is 67.9 Å². The summed E-state index contributed by atoms with van der Waals surface area (Å²) in [6, 6.07) is 4.78. The minimum absolute atomic E-state index is 0.00774. The largest absolute Gasteiger partial charge is 0.465 e. The van der Waals surface area contributed by atoms with E-state index in [4.69, 9.17) is 15.2 Å². The first-order valence-electron chi connectivity index (χ1n) is 12.0. The number of benzene rings is 1. The lowest BCUT2D eigenvalue weighted by Gasteiger charge is -2.34. The molecule has 1 amide bonds. The number of rotatable bonds is 7. The number of alkyl halides is 3. The van der Waals surface area contributed by atoms with Gasteiger partial charge in [0.15, 0.2) is 0 Å². The third kappa shape index (κ3) is 6.16. The molecule has 0 spiro atoms. The van der Waals surface area contributed by atoms with Crippen molar-refractivity contribution in [2.75, 3.05) is 12.0 Å². The third-order valence-corrected chi connectivity index (χ3v) is 6.42. The van der Waals surface area contributed by atoms with Gasteiger partial charge in [0, 0.05) is 24.7 Å². The Hall–Kier alpha value is -3.14. The van der Waals surface area contributed by atoms with E-state index < -0.39 is 23.6 Å². The number of pyridine rings is 1. The van der Waals surface area contributed by atoms with Gasteiger partial charge in [-0.25, -0.2) is 9.78 Å². The van der Waals surface area contributed by atoms with Gasteiger partial charge in [-0.15, -0.1) is 0 Å². The molecule has 0 unspecified atom stereocenters. The molecule has 2 aromatic rings. The summed E-state index contributed by atoms with van der Waals surface area (Å²) in [5.41, 5.74) is 4.89. The van der Waals surface area contributed by atoms with E-state index in [2.05, 4.69) is 11.9 Å². The maximum absolute atomic E-state index is 13.6. The zero-order chi connectivity index (χ0) is 26.6. The highest BCUT2D eigenvalue weighted by Crippen LogP contribution is 2.39. The number of carbonyl (C=O) groups excluding carboxylic acids is 2. The fourth-order valence-electron chi connectivity index (χ4n) is 4.42. The average Bonchev–Trinajstić information content (AvgIpc) is 2.84.